The number of esters is 1. The van der Waals surface area contributed by atoms with Crippen molar-refractivity contribution in [1.29, 1.82) is 0 Å². The lowest BCUT2D eigenvalue weighted by Gasteiger charge is -2.19. The number of carbonyl (C=O) groups excluding carboxylic acids is 1. The molecule has 1 aliphatic heterocycles. The Morgan fingerprint density at radius 1 is 2.00 bits per heavy atom. The highest BCUT2D eigenvalue weighted by atomic mass is 16.6. The van der Waals surface area contributed by atoms with E-state index in [1.165, 1.54) is 0 Å². The van der Waals surface area contributed by atoms with Crippen LogP contribution in [0.3, 0.4) is 0 Å². The van der Waals surface area contributed by atoms with Gasteiger partial charge in [0, 0.05) is 0 Å². The van der Waals surface area contributed by atoms with Crippen molar-refractivity contribution in [3.8, 4) is 0 Å². The molecule has 0 N–H and O–H groups in total. The van der Waals surface area contributed by atoms with E-state index in [-0.39, 0.29) is 11.8 Å². The zero-order valence-corrected chi connectivity index (χ0v) is 3.18. The summed E-state index contributed by atoms with van der Waals surface area (Å²) < 4.78 is 4.28. The Hall–Kier alpha value is -0.465. The van der Waals surface area contributed by atoms with Gasteiger partial charge in [0.05, 0.1) is 20.3 Å². The summed E-state index contributed by atoms with van der Waals surface area (Å²) in [6.07, 6.45) is 0. The fraction of sp³-hybridized carbons (Fsp3) is 0.667. The van der Waals surface area contributed by atoms with Crippen molar-refractivity contribution in [3.63, 3.8) is 0 Å². The number of ether oxygens (including phenoxy) is 1. The van der Waals surface area contributed by atoms with Crippen molar-refractivity contribution >= 4 is 13.8 Å². The molecule has 30 valence electrons. The predicted octanol–water partition coefficient (Wildman–Crippen LogP) is -0.500. The van der Waals surface area contributed by atoms with E-state index in [4.69, 9.17) is 7.85 Å². The third-order valence-corrected chi connectivity index (χ3v) is 0.708. The van der Waals surface area contributed by atoms with Gasteiger partial charge in [0.25, 0.3) is 0 Å². The molecule has 2 nitrogen and oxygen atoms in total. The molecule has 3 heteroatoms. The van der Waals surface area contributed by atoms with Gasteiger partial charge in [-0.3, -0.25) is 4.79 Å². The molecule has 2 radical (unpaired) electrons. The summed E-state index contributed by atoms with van der Waals surface area (Å²) in [5, 5.41) is 0. The first kappa shape index (κ1) is 3.72. The van der Waals surface area contributed by atoms with Crippen LogP contribution >= 0.6 is 0 Å². The minimum absolute atomic E-state index is 0.282. The minimum Gasteiger partial charge on any atom is -0.466 e. The molecule has 6 heavy (non-hydrogen) atoms. The standard InChI is InChI=1S/C3H3BO2/c4-2-1-6-3(2)5/h2H,1H2. The van der Waals surface area contributed by atoms with Crippen molar-refractivity contribution in [3.05, 3.63) is 0 Å². The molecular weight excluding hydrogens is 78.8 g/mol. The molecule has 1 unspecified atom stereocenters. The Bertz CT molecular complexity index is 80.9. The van der Waals surface area contributed by atoms with Crippen LogP contribution in [0.5, 0.6) is 0 Å². The summed E-state index contributed by atoms with van der Waals surface area (Å²) in [6.45, 7) is 0.402. The smallest absolute Gasteiger partial charge is 0.303 e. The van der Waals surface area contributed by atoms with Crippen molar-refractivity contribution in [2.75, 3.05) is 6.61 Å². The van der Waals surface area contributed by atoms with Crippen molar-refractivity contribution in [2.24, 2.45) is 0 Å². The fourth-order valence-electron chi connectivity index (χ4n) is 0.248. The highest BCUT2D eigenvalue weighted by Gasteiger charge is 2.23. The molecule has 1 fully saturated rings. The second-order valence-corrected chi connectivity index (χ2v) is 1.24. The van der Waals surface area contributed by atoms with Gasteiger partial charge < -0.3 is 4.74 Å². The van der Waals surface area contributed by atoms with Crippen LogP contribution in [0, 0.1) is 0 Å². The molecule has 0 amide bonds. The number of cyclic esters (lactones) is 1. The molecule has 0 aromatic heterocycles. The first-order chi connectivity index (χ1) is 2.80. The Morgan fingerprint density at radius 3 is 2.50 bits per heavy atom. The van der Waals surface area contributed by atoms with Crippen LogP contribution in [0.15, 0.2) is 0 Å². The van der Waals surface area contributed by atoms with Gasteiger partial charge >= 0.3 is 5.97 Å². The Balaban J connectivity index is 2.39. The molecule has 0 aromatic carbocycles. The van der Waals surface area contributed by atoms with E-state index in [0.717, 1.165) is 0 Å². The summed E-state index contributed by atoms with van der Waals surface area (Å²) in [4.78, 5) is 9.88. The van der Waals surface area contributed by atoms with Crippen LogP contribution < -0.4 is 0 Å². The third-order valence-electron chi connectivity index (χ3n) is 0.708. The van der Waals surface area contributed by atoms with Crippen LogP contribution in [-0.4, -0.2) is 20.4 Å². The van der Waals surface area contributed by atoms with Crippen molar-refractivity contribution < 1.29 is 9.53 Å². The lowest BCUT2D eigenvalue weighted by atomic mass is 9.85. The second-order valence-electron chi connectivity index (χ2n) is 1.24. The van der Waals surface area contributed by atoms with Crippen LogP contribution in [0.25, 0.3) is 0 Å². The molecule has 1 atom stereocenters. The maximum absolute atomic E-state index is 9.88. The molecule has 1 saturated heterocycles. The number of carbonyl (C=O) groups is 1. The zero-order valence-electron chi connectivity index (χ0n) is 3.18. The SMILES string of the molecule is [B]C1COC1=O. The van der Waals surface area contributed by atoms with Gasteiger partial charge in [-0.05, 0) is 0 Å². The normalized spacial score (nSPS) is 31.3. The molecule has 0 saturated carbocycles. The molecular formula is C3H3BO2. The summed E-state index contributed by atoms with van der Waals surface area (Å²) in [6, 6.07) is 0. The number of hydrogen-bond donors (Lipinski definition) is 0. The first-order valence-corrected chi connectivity index (χ1v) is 1.73. The highest BCUT2D eigenvalue weighted by Crippen LogP contribution is 2.12. The molecule has 1 rings (SSSR count). The lowest BCUT2D eigenvalue weighted by molar-refractivity contribution is -0.156. The Labute approximate surface area is 36.9 Å². The number of hydrogen-bond acceptors (Lipinski definition) is 2. The topological polar surface area (TPSA) is 26.3 Å². The van der Waals surface area contributed by atoms with E-state index >= 15 is 0 Å². The first-order valence-electron chi connectivity index (χ1n) is 1.73. The summed E-state index contributed by atoms with van der Waals surface area (Å²) >= 11 is 0. The van der Waals surface area contributed by atoms with Crippen LogP contribution in [0.2, 0.25) is 5.82 Å². The van der Waals surface area contributed by atoms with Gasteiger partial charge in [0.2, 0.25) is 0 Å². The highest BCUT2D eigenvalue weighted by molar-refractivity contribution is 6.24. The summed E-state index contributed by atoms with van der Waals surface area (Å²) in [5.41, 5.74) is 0. The zero-order chi connectivity index (χ0) is 4.57. The fourth-order valence-corrected chi connectivity index (χ4v) is 0.248. The maximum Gasteiger partial charge on any atom is 0.303 e. The Kier molecular flexibility index (Phi) is 0.618. The molecule has 0 aliphatic carbocycles. The average Bonchev–Trinajstić information content (AvgIpc) is 1.61. The molecule has 0 aromatic rings. The number of rotatable bonds is 0. The van der Waals surface area contributed by atoms with Crippen LogP contribution in [0.1, 0.15) is 0 Å². The van der Waals surface area contributed by atoms with Crippen molar-refractivity contribution in [2.45, 2.75) is 5.82 Å². The van der Waals surface area contributed by atoms with E-state index in [0.29, 0.717) is 6.61 Å². The average molecular weight is 81.9 g/mol. The van der Waals surface area contributed by atoms with E-state index in [9.17, 15) is 4.79 Å². The summed E-state index contributed by atoms with van der Waals surface area (Å²) in [7, 11) is 5.05. The van der Waals surface area contributed by atoms with Crippen molar-refractivity contribution in [1.82, 2.24) is 0 Å². The van der Waals surface area contributed by atoms with Gasteiger partial charge in [-0.2, -0.15) is 0 Å². The molecule has 0 bridgehead atoms. The molecule has 1 aliphatic rings. The van der Waals surface area contributed by atoms with Gasteiger partial charge in [0.15, 0.2) is 0 Å². The molecule has 0 spiro atoms. The molecule has 1 heterocycles. The minimum atomic E-state index is -0.329. The quantitative estimate of drug-likeness (QED) is 0.291. The van der Waals surface area contributed by atoms with Crippen LogP contribution in [-0.2, 0) is 9.53 Å². The maximum atomic E-state index is 9.88. The Morgan fingerprint density at radius 2 is 2.50 bits per heavy atom. The van der Waals surface area contributed by atoms with Gasteiger partial charge in [-0.25, -0.2) is 0 Å². The van der Waals surface area contributed by atoms with E-state index in [1.54, 1.807) is 0 Å². The predicted molar refractivity (Wildman–Crippen MR) is 20.5 cm³/mol. The monoisotopic (exact) mass is 82.0 g/mol. The van der Waals surface area contributed by atoms with Gasteiger partial charge in [-0.15, -0.1) is 0 Å². The third kappa shape index (κ3) is 0.312. The van der Waals surface area contributed by atoms with Gasteiger partial charge in [0.1, 0.15) is 0 Å². The summed E-state index contributed by atoms with van der Waals surface area (Å²) in [5.74, 6) is -0.611. The van der Waals surface area contributed by atoms with E-state index in [1.807, 2.05) is 0 Å². The van der Waals surface area contributed by atoms with E-state index in [2.05, 4.69) is 4.74 Å². The lowest BCUT2D eigenvalue weighted by Crippen LogP contribution is -2.28. The van der Waals surface area contributed by atoms with Gasteiger partial charge in [-0.1, -0.05) is 0 Å². The second kappa shape index (κ2) is 0.998. The van der Waals surface area contributed by atoms with E-state index < -0.39 is 0 Å². The van der Waals surface area contributed by atoms with Crippen LogP contribution in [0.4, 0.5) is 0 Å². The largest absolute Gasteiger partial charge is 0.466 e.